The second-order valence-electron chi connectivity index (χ2n) is 9.25. The van der Waals surface area contributed by atoms with Crippen LogP contribution in [0.1, 0.15) is 51.9 Å². The van der Waals surface area contributed by atoms with Crippen LogP contribution in [-0.4, -0.2) is 59.6 Å². The molecule has 1 saturated heterocycles. The Kier molecular flexibility index (Phi) is 4.69. The van der Waals surface area contributed by atoms with E-state index in [0.29, 0.717) is 17.8 Å². The summed E-state index contributed by atoms with van der Waals surface area (Å²) in [5, 5.41) is 12.6. The molecule has 0 aromatic heterocycles. The molecule has 7 nitrogen and oxygen atoms in total. The van der Waals surface area contributed by atoms with E-state index in [1.165, 1.54) is 33.2 Å². The molecule has 4 bridgehead atoms. The second kappa shape index (κ2) is 6.76. The summed E-state index contributed by atoms with van der Waals surface area (Å²) in [5.41, 5.74) is -0.357. The average molecular weight is 378 g/mol. The lowest BCUT2D eigenvalue weighted by atomic mass is 9.49. The van der Waals surface area contributed by atoms with Crippen molar-refractivity contribution in [2.24, 2.45) is 23.2 Å². The molecule has 5 rings (SSSR count). The Bertz CT molecular complexity index is 613. The Morgan fingerprint density at radius 1 is 1.07 bits per heavy atom. The summed E-state index contributed by atoms with van der Waals surface area (Å²) in [6, 6.07) is -0.799. The maximum atomic E-state index is 13.6. The number of amides is 2. The number of nitrogens with zero attached hydrogens (tertiary/aromatic N) is 1. The van der Waals surface area contributed by atoms with E-state index in [1.54, 1.807) is 4.90 Å². The van der Waals surface area contributed by atoms with Crippen LogP contribution < -0.4 is 5.32 Å². The number of ether oxygens (including phenoxy) is 1. The highest BCUT2D eigenvalue weighted by Crippen LogP contribution is 2.60. The van der Waals surface area contributed by atoms with Crippen LogP contribution in [0.25, 0.3) is 0 Å². The van der Waals surface area contributed by atoms with Gasteiger partial charge < -0.3 is 20.1 Å². The SMILES string of the molecule is CNC(=O)[C@@H](C)OC(=O)[C@@H]1C[C@@H](O)CN1C(=O)C12CC3CC(CC(C3)C1)C2. The zero-order chi connectivity index (χ0) is 19.3. The first-order chi connectivity index (χ1) is 12.8. The lowest BCUT2D eigenvalue weighted by Crippen LogP contribution is -2.56. The first kappa shape index (κ1) is 18.7. The van der Waals surface area contributed by atoms with Gasteiger partial charge in [-0.05, 0) is 63.2 Å². The van der Waals surface area contributed by atoms with Gasteiger partial charge in [-0.25, -0.2) is 4.79 Å². The van der Waals surface area contributed by atoms with Crippen molar-refractivity contribution < 1.29 is 24.2 Å². The Hall–Kier alpha value is -1.63. The van der Waals surface area contributed by atoms with Gasteiger partial charge >= 0.3 is 5.97 Å². The zero-order valence-corrected chi connectivity index (χ0v) is 16.1. The van der Waals surface area contributed by atoms with Crippen LogP contribution >= 0.6 is 0 Å². The van der Waals surface area contributed by atoms with Crippen LogP contribution in [0.4, 0.5) is 0 Å². The van der Waals surface area contributed by atoms with Crippen molar-refractivity contribution in [2.75, 3.05) is 13.6 Å². The molecule has 0 aromatic carbocycles. The van der Waals surface area contributed by atoms with Gasteiger partial charge in [-0.15, -0.1) is 0 Å². The van der Waals surface area contributed by atoms with Gasteiger partial charge in [0.15, 0.2) is 6.10 Å². The minimum absolute atomic E-state index is 0.0210. The van der Waals surface area contributed by atoms with Crippen LogP contribution in [0, 0.1) is 23.2 Å². The largest absolute Gasteiger partial charge is 0.451 e. The molecule has 1 heterocycles. The van der Waals surface area contributed by atoms with Crippen molar-refractivity contribution in [1.29, 1.82) is 0 Å². The van der Waals surface area contributed by atoms with E-state index in [4.69, 9.17) is 4.74 Å². The molecule has 3 atom stereocenters. The van der Waals surface area contributed by atoms with Crippen LogP contribution in [0.15, 0.2) is 0 Å². The first-order valence-electron chi connectivity index (χ1n) is 10.2. The van der Waals surface area contributed by atoms with Crippen molar-refractivity contribution in [3.63, 3.8) is 0 Å². The molecule has 4 aliphatic carbocycles. The Morgan fingerprint density at radius 2 is 1.63 bits per heavy atom. The molecule has 7 heteroatoms. The average Bonchev–Trinajstić information content (AvgIpc) is 3.00. The fourth-order valence-corrected chi connectivity index (χ4v) is 6.45. The molecule has 0 spiro atoms. The predicted octanol–water partition coefficient (Wildman–Crippen LogP) is 0.842. The zero-order valence-electron chi connectivity index (χ0n) is 16.1. The van der Waals surface area contributed by atoms with Gasteiger partial charge in [0.25, 0.3) is 5.91 Å². The molecule has 5 aliphatic rings. The summed E-state index contributed by atoms with van der Waals surface area (Å²) in [7, 11) is 1.48. The van der Waals surface area contributed by atoms with E-state index in [2.05, 4.69) is 5.32 Å². The van der Waals surface area contributed by atoms with Gasteiger partial charge in [0.1, 0.15) is 6.04 Å². The van der Waals surface area contributed by atoms with Gasteiger partial charge in [-0.3, -0.25) is 9.59 Å². The van der Waals surface area contributed by atoms with Crippen molar-refractivity contribution in [3.8, 4) is 0 Å². The summed E-state index contributed by atoms with van der Waals surface area (Å²) < 4.78 is 5.28. The minimum atomic E-state index is -0.920. The molecule has 4 saturated carbocycles. The van der Waals surface area contributed by atoms with Gasteiger partial charge in [-0.1, -0.05) is 0 Å². The number of carbonyl (C=O) groups excluding carboxylic acids is 3. The molecule has 27 heavy (non-hydrogen) atoms. The molecule has 0 radical (unpaired) electrons. The number of aliphatic hydroxyl groups is 1. The van der Waals surface area contributed by atoms with E-state index in [9.17, 15) is 19.5 Å². The van der Waals surface area contributed by atoms with Gasteiger partial charge in [-0.2, -0.15) is 0 Å². The number of likely N-dealkylation sites (N-methyl/N-ethyl adjacent to an activating group) is 1. The molecule has 0 unspecified atom stereocenters. The van der Waals surface area contributed by atoms with Gasteiger partial charge in [0.05, 0.1) is 11.5 Å². The molecular weight excluding hydrogens is 348 g/mol. The van der Waals surface area contributed by atoms with Crippen LogP contribution in [0.3, 0.4) is 0 Å². The number of aliphatic hydroxyl groups excluding tert-OH is 1. The molecule has 2 amide bonds. The maximum Gasteiger partial charge on any atom is 0.329 e. The molecule has 150 valence electrons. The molecule has 5 fully saturated rings. The van der Waals surface area contributed by atoms with Crippen LogP contribution in [0.5, 0.6) is 0 Å². The number of hydrogen-bond donors (Lipinski definition) is 2. The monoisotopic (exact) mass is 378 g/mol. The number of esters is 1. The molecule has 1 aliphatic heterocycles. The first-order valence-corrected chi connectivity index (χ1v) is 10.2. The van der Waals surface area contributed by atoms with E-state index in [0.717, 1.165) is 19.3 Å². The number of hydrogen-bond acceptors (Lipinski definition) is 5. The number of β-amino-alcohol motifs (C(OH)–C–C–N with tert-alkyl or cyclic N) is 1. The highest BCUT2D eigenvalue weighted by atomic mass is 16.5. The fraction of sp³-hybridized carbons (Fsp3) is 0.850. The molecule has 2 N–H and O–H groups in total. The molecular formula is C20H30N2O5. The minimum Gasteiger partial charge on any atom is -0.451 e. The third kappa shape index (κ3) is 3.24. The maximum absolute atomic E-state index is 13.6. The smallest absolute Gasteiger partial charge is 0.329 e. The Morgan fingerprint density at radius 3 is 2.15 bits per heavy atom. The van der Waals surface area contributed by atoms with Crippen LogP contribution in [-0.2, 0) is 19.1 Å². The van der Waals surface area contributed by atoms with E-state index in [-0.39, 0.29) is 30.2 Å². The number of carbonyl (C=O) groups is 3. The highest BCUT2D eigenvalue weighted by Gasteiger charge is 2.57. The van der Waals surface area contributed by atoms with Crippen molar-refractivity contribution in [3.05, 3.63) is 0 Å². The van der Waals surface area contributed by atoms with Crippen molar-refractivity contribution in [1.82, 2.24) is 10.2 Å². The summed E-state index contributed by atoms with van der Waals surface area (Å²) in [6.07, 6.45) is 5.01. The fourth-order valence-electron chi connectivity index (χ4n) is 6.45. The quantitative estimate of drug-likeness (QED) is 0.707. The summed E-state index contributed by atoms with van der Waals surface area (Å²) in [6.45, 7) is 1.68. The Labute approximate surface area is 159 Å². The van der Waals surface area contributed by atoms with Gasteiger partial charge in [0, 0.05) is 20.0 Å². The number of nitrogens with one attached hydrogen (secondary N) is 1. The summed E-state index contributed by atoms with van der Waals surface area (Å²) in [5.74, 6) is 0.929. The second-order valence-corrected chi connectivity index (χ2v) is 9.25. The molecule has 0 aromatic rings. The van der Waals surface area contributed by atoms with Crippen molar-refractivity contribution >= 4 is 17.8 Å². The Balaban J connectivity index is 1.50. The van der Waals surface area contributed by atoms with E-state index >= 15 is 0 Å². The van der Waals surface area contributed by atoms with Gasteiger partial charge in [0.2, 0.25) is 5.91 Å². The summed E-state index contributed by atoms with van der Waals surface area (Å²) >= 11 is 0. The highest BCUT2D eigenvalue weighted by molar-refractivity contribution is 5.90. The number of rotatable bonds is 4. The third-order valence-electron chi connectivity index (χ3n) is 7.21. The lowest BCUT2D eigenvalue weighted by molar-refractivity contribution is -0.168. The van der Waals surface area contributed by atoms with E-state index in [1.807, 2.05) is 0 Å². The summed E-state index contributed by atoms with van der Waals surface area (Å²) in [4.78, 5) is 39.4. The predicted molar refractivity (Wildman–Crippen MR) is 96.4 cm³/mol. The third-order valence-corrected chi connectivity index (χ3v) is 7.21. The number of likely N-dealkylation sites (tertiary alicyclic amines) is 1. The van der Waals surface area contributed by atoms with Crippen LogP contribution in [0.2, 0.25) is 0 Å². The van der Waals surface area contributed by atoms with Crippen molar-refractivity contribution in [2.45, 2.75) is 70.1 Å². The van der Waals surface area contributed by atoms with E-state index < -0.39 is 24.2 Å². The normalized spacial score (nSPS) is 40.7. The topological polar surface area (TPSA) is 95.9 Å². The standard InChI is InChI=1S/C20H30N2O5/c1-11(17(24)21-2)27-18(25)16-6-15(23)10-22(16)19(26)20-7-12-3-13(8-20)5-14(4-12)9-20/h11-16,23H,3-10H2,1-2H3,(H,21,24)/t11-,12?,13?,14?,15-,16+,20?/m1/s1. The lowest BCUT2D eigenvalue weighted by Gasteiger charge is -2.56.